The fourth-order valence-corrected chi connectivity index (χ4v) is 8.08. The van der Waals surface area contributed by atoms with Crippen LogP contribution in [0.2, 0.25) is 30.1 Å². The highest BCUT2D eigenvalue weighted by Crippen LogP contribution is 2.35. The molecular weight excluding hydrogens is 913 g/mol. The van der Waals surface area contributed by atoms with E-state index < -0.39 is 0 Å². The first-order valence-electron chi connectivity index (χ1n) is 19.5. The Morgan fingerprint density at radius 3 is 1.13 bits per heavy atom. The maximum Gasteiger partial charge on any atom is 0.303 e. The van der Waals surface area contributed by atoms with Crippen LogP contribution in [-0.4, -0.2) is 31.2 Å². The number of carbonyl (C=O) groups is 1. The van der Waals surface area contributed by atoms with Crippen LogP contribution in [0.4, 0.5) is 0 Å². The van der Waals surface area contributed by atoms with Crippen LogP contribution in [0, 0.1) is 53.4 Å². The van der Waals surface area contributed by atoms with Gasteiger partial charge in [0, 0.05) is 75.2 Å². The number of benzene rings is 6. The van der Waals surface area contributed by atoms with Crippen molar-refractivity contribution in [3.05, 3.63) is 184 Å². The van der Waals surface area contributed by atoms with Gasteiger partial charge >= 0.3 is 5.91 Å². The van der Waals surface area contributed by atoms with Gasteiger partial charge in [0.05, 0.1) is 5.10 Å². The van der Waals surface area contributed by atoms with Crippen LogP contribution in [0.15, 0.2) is 109 Å². The van der Waals surface area contributed by atoms with E-state index in [-0.39, 0.29) is 5.91 Å². The van der Waals surface area contributed by atoms with Crippen LogP contribution in [0.25, 0.3) is 45.0 Å². The number of carbonyl (C=O) groups excluding carboxylic acids is 1. The minimum Gasteiger partial charge on any atom is -0.267 e. The second-order valence-electron chi connectivity index (χ2n) is 14.8. The van der Waals surface area contributed by atoms with Crippen LogP contribution in [0.5, 0.6) is 0 Å². The number of halogens is 6. The highest BCUT2D eigenvalue weighted by molar-refractivity contribution is 6.32. The molecule has 0 aliphatic carbocycles. The van der Waals surface area contributed by atoms with Gasteiger partial charge in [-0.05, 0) is 172 Å². The van der Waals surface area contributed by atoms with Crippen LogP contribution < -0.4 is 5.10 Å². The number of hydrogen-bond acceptors (Lipinski definition) is 4. The predicted octanol–water partition coefficient (Wildman–Crippen LogP) is 14.7. The molecule has 0 saturated heterocycles. The van der Waals surface area contributed by atoms with E-state index in [0.717, 1.165) is 93.9 Å². The molecule has 2 heterocycles. The Morgan fingerprint density at radius 2 is 0.794 bits per heavy atom. The van der Waals surface area contributed by atoms with Gasteiger partial charge in [-0.2, -0.15) is 20.5 Å². The summed E-state index contributed by atoms with van der Waals surface area (Å²) in [4.78, 5) is 13.0. The fraction of sp³-hybridized carbons (Fsp3) is 0.140. The van der Waals surface area contributed by atoms with E-state index in [0.29, 0.717) is 25.8 Å². The van der Waals surface area contributed by atoms with Crippen LogP contribution in [0.3, 0.4) is 0 Å². The van der Waals surface area contributed by atoms with E-state index in [1.807, 2.05) is 151 Å². The second kappa shape index (κ2) is 20.8. The smallest absolute Gasteiger partial charge is 0.267 e. The maximum atomic E-state index is 11.8. The van der Waals surface area contributed by atoms with Crippen molar-refractivity contribution in [2.24, 2.45) is 0 Å². The first kappa shape index (κ1) is 47.1. The molecule has 0 atom stereocenters. The van der Waals surface area contributed by atoms with Crippen LogP contribution in [0.1, 0.15) is 56.2 Å². The zero-order valence-corrected chi connectivity index (χ0v) is 39.9. The Labute approximate surface area is 397 Å². The van der Waals surface area contributed by atoms with Gasteiger partial charge < -0.3 is 0 Å². The number of nitrogens with zero attached hydrogens (tertiary/aromatic N) is 4. The quantitative estimate of drug-likeness (QED) is 0.178. The van der Waals surface area contributed by atoms with Gasteiger partial charge in [-0.15, -0.1) is 0 Å². The van der Waals surface area contributed by atoms with Gasteiger partial charge in [0.2, 0.25) is 5.69 Å². The van der Waals surface area contributed by atoms with Gasteiger partial charge in [-0.3, -0.25) is 4.79 Å². The van der Waals surface area contributed by atoms with E-state index in [9.17, 15) is 4.79 Å². The lowest BCUT2D eigenvalue weighted by Gasteiger charge is -2.07. The van der Waals surface area contributed by atoms with Gasteiger partial charge in [-0.1, -0.05) is 93.6 Å². The largest absolute Gasteiger partial charge is 0.303 e. The van der Waals surface area contributed by atoms with Crippen molar-refractivity contribution in [3.8, 4) is 56.9 Å². The normalized spacial score (nSPS) is 10.6. The highest BCUT2D eigenvalue weighted by atomic mass is 35.5. The van der Waals surface area contributed by atoms with Gasteiger partial charge in [0.1, 0.15) is 11.4 Å². The lowest BCUT2D eigenvalue weighted by Crippen LogP contribution is -2.25. The highest BCUT2D eigenvalue weighted by Gasteiger charge is 2.27. The van der Waals surface area contributed by atoms with Gasteiger partial charge in [0.25, 0.3) is 5.69 Å². The molecule has 2 N–H and O–H groups in total. The number of rotatable bonds is 4. The molecule has 8 rings (SSSR count). The van der Waals surface area contributed by atoms with Crippen molar-refractivity contribution in [3.63, 3.8) is 0 Å². The second-order valence-corrected chi connectivity index (χ2v) is 17.4. The summed E-state index contributed by atoms with van der Waals surface area (Å²) in [5.41, 5.74) is 15.2. The monoisotopic (exact) mass is 951 g/mol. The standard InChI is InChI=1S/C18H15Cl2N3O.C16H13Cl2N3.C16H12Cl2/c1-10-8-13(19)4-6-15(10)17-18(22-23(21-17)12(3)24)16-7-5-14(20)9-11(16)2;1-9-7-11(17)3-5-13(9)15-16(20-21-19-15)14-6-4-12(18)8-10(14)2;1-11-9-15(17)7-5-13(11)3-4-14-6-8-16(18)10-12(14)2/h4-9H,1-3H3;3-8H,1-2H3,(H,19,20,21);5-10H,1-2H3/p+1. The maximum absolute atomic E-state index is 11.8. The molecule has 0 amide bonds. The number of hydrogen-bond donors (Lipinski definition) is 1. The lowest BCUT2D eigenvalue weighted by atomic mass is 9.99. The SMILES string of the molecule is CC(=O)n1nc(-c2ccc(Cl)cc2C)c(-c2ccc(Cl)cc2C)[nH+]1.Cc1cc(Cl)ccc1-c1n[nH]nc1-c1ccc(Cl)cc1C.Cc1cc(Cl)ccc1C#Cc1ccc(Cl)cc1C. The summed E-state index contributed by atoms with van der Waals surface area (Å²) in [6.45, 7) is 13.4. The lowest BCUT2D eigenvalue weighted by molar-refractivity contribution is -0.467. The van der Waals surface area contributed by atoms with E-state index in [1.54, 1.807) is 0 Å². The third-order valence-corrected chi connectivity index (χ3v) is 11.4. The summed E-state index contributed by atoms with van der Waals surface area (Å²) >= 11 is 36.0. The topological polar surface area (TPSA) is 90.6 Å². The minimum absolute atomic E-state index is 0.194. The van der Waals surface area contributed by atoms with Crippen molar-refractivity contribution >= 4 is 75.5 Å². The molecule has 63 heavy (non-hydrogen) atoms. The average molecular weight is 955 g/mol. The number of aryl methyl sites for hydroxylation is 6. The number of H-pyrrole nitrogens is 2. The molecule has 0 bridgehead atoms. The first-order valence-corrected chi connectivity index (χ1v) is 21.8. The average Bonchev–Trinajstić information content (AvgIpc) is 3.87. The van der Waals surface area contributed by atoms with E-state index in [2.05, 4.69) is 37.4 Å². The summed E-state index contributed by atoms with van der Waals surface area (Å²) in [5.74, 6) is 6.14. The van der Waals surface area contributed by atoms with Gasteiger partial charge in [0.15, 0.2) is 0 Å². The summed E-state index contributed by atoms with van der Waals surface area (Å²) in [7, 11) is 0. The molecule has 7 nitrogen and oxygen atoms in total. The molecule has 0 spiro atoms. The Morgan fingerprint density at radius 1 is 0.476 bits per heavy atom. The third kappa shape index (κ3) is 11.8. The van der Waals surface area contributed by atoms with Crippen molar-refractivity contribution in [2.45, 2.75) is 48.5 Å². The van der Waals surface area contributed by atoms with Crippen molar-refractivity contribution in [1.29, 1.82) is 0 Å². The summed E-state index contributed by atoms with van der Waals surface area (Å²) < 4.78 is 0. The molecule has 6 aromatic carbocycles. The van der Waals surface area contributed by atoms with Crippen LogP contribution in [-0.2, 0) is 0 Å². The molecule has 13 heteroatoms. The fourth-order valence-electron chi connectivity index (χ4n) is 6.72. The summed E-state index contributed by atoms with van der Waals surface area (Å²) in [6.07, 6.45) is 0. The van der Waals surface area contributed by atoms with Crippen molar-refractivity contribution in [1.82, 2.24) is 25.3 Å². The Balaban J connectivity index is 0.000000159. The Bertz CT molecular complexity index is 2860. The third-order valence-electron chi connectivity index (χ3n) is 10.00. The Kier molecular flexibility index (Phi) is 15.6. The van der Waals surface area contributed by atoms with E-state index in [4.69, 9.17) is 69.6 Å². The van der Waals surface area contributed by atoms with E-state index in [1.165, 1.54) is 11.7 Å². The molecule has 0 aliphatic heterocycles. The molecule has 0 aliphatic rings. The molecule has 0 saturated carbocycles. The molecular formula is C50H41Cl6N6O+. The summed E-state index contributed by atoms with van der Waals surface area (Å²) in [5, 5.41) is 23.1. The summed E-state index contributed by atoms with van der Waals surface area (Å²) in [6, 6.07) is 34.1. The number of aromatic amines is 2. The molecule has 0 fully saturated rings. The molecule has 0 unspecified atom stereocenters. The van der Waals surface area contributed by atoms with Crippen molar-refractivity contribution in [2.75, 3.05) is 0 Å². The number of nitrogens with one attached hydrogen (secondary N) is 2. The zero-order valence-electron chi connectivity index (χ0n) is 35.4. The molecule has 8 aromatic rings. The molecule has 318 valence electrons. The number of aromatic nitrogens is 6. The molecule has 0 radical (unpaired) electrons. The minimum atomic E-state index is -0.194. The molecule has 2 aromatic heterocycles. The van der Waals surface area contributed by atoms with Crippen molar-refractivity contribution < 1.29 is 9.89 Å². The predicted molar refractivity (Wildman–Crippen MR) is 261 cm³/mol. The van der Waals surface area contributed by atoms with Gasteiger partial charge in [-0.25, -0.2) is 0 Å². The Hall–Kier alpha value is -5.43. The van der Waals surface area contributed by atoms with Crippen LogP contribution >= 0.6 is 69.6 Å². The first-order chi connectivity index (χ1) is 30.0. The zero-order chi connectivity index (χ0) is 45.5. The van der Waals surface area contributed by atoms with E-state index >= 15 is 0 Å².